The number of piperidine rings is 1. The fourth-order valence-corrected chi connectivity index (χ4v) is 4.38. The Hall–Kier alpha value is -3.03. The Morgan fingerprint density at radius 2 is 1.88 bits per heavy atom. The average Bonchev–Trinajstić information content (AvgIpc) is 3.42. The molecular formula is C26H33N5O2. The van der Waals surface area contributed by atoms with Crippen molar-refractivity contribution in [1.29, 1.82) is 0 Å². The maximum Gasteiger partial charge on any atom is 0.159 e. The summed E-state index contributed by atoms with van der Waals surface area (Å²) in [5, 5.41) is 11.0. The lowest BCUT2D eigenvalue weighted by atomic mass is 10.1. The molecule has 0 saturated carbocycles. The van der Waals surface area contributed by atoms with Crippen LogP contribution in [-0.2, 0) is 4.74 Å². The highest BCUT2D eigenvalue weighted by Gasteiger charge is 2.40. The summed E-state index contributed by atoms with van der Waals surface area (Å²) in [6.07, 6.45) is 3.99. The van der Waals surface area contributed by atoms with Crippen LogP contribution in [0.5, 0.6) is 5.75 Å². The Morgan fingerprint density at radius 1 is 1.09 bits per heavy atom. The molecule has 2 atom stereocenters. The zero-order valence-electron chi connectivity index (χ0n) is 19.5. The van der Waals surface area contributed by atoms with Crippen molar-refractivity contribution in [2.24, 2.45) is 0 Å². The summed E-state index contributed by atoms with van der Waals surface area (Å²) >= 11 is 0. The number of benzene rings is 2. The van der Waals surface area contributed by atoms with E-state index in [9.17, 15) is 0 Å². The highest BCUT2D eigenvalue weighted by atomic mass is 16.6. The van der Waals surface area contributed by atoms with E-state index in [1.807, 2.05) is 43.3 Å². The van der Waals surface area contributed by atoms with Gasteiger partial charge in [0.25, 0.3) is 0 Å². The van der Waals surface area contributed by atoms with Gasteiger partial charge >= 0.3 is 0 Å². The molecule has 3 aromatic rings. The molecule has 2 unspecified atom stereocenters. The van der Waals surface area contributed by atoms with Gasteiger partial charge in [-0.2, -0.15) is 5.10 Å². The molecule has 174 valence electrons. The first-order valence-corrected chi connectivity index (χ1v) is 11.9. The molecule has 0 radical (unpaired) electrons. The Morgan fingerprint density at radius 3 is 2.64 bits per heavy atom. The SMILES string of the molecule is CN(C)c1cc(-c2ccccc2NC2OC2c2ccc(OCCN3CCCCC3)cc2)[nH]n1. The van der Waals surface area contributed by atoms with Gasteiger partial charge in [-0.15, -0.1) is 0 Å². The Kier molecular flexibility index (Phi) is 6.51. The van der Waals surface area contributed by atoms with Crippen molar-refractivity contribution in [3.8, 4) is 17.0 Å². The van der Waals surface area contributed by atoms with Crippen molar-refractivity contribution < 1.29 is 9.47 Å². The van der Waals surface area contributed by atoms with Crippen molar-refractivity contribution in [3.63, 3.8) is 0 Å². The quantitative estimate of drug-likeness (QED) is 0.470. The van der Waals surface area contributed by atoms with Crippen LogP contribution in [-0.4, -0.2) is 61.7 Å². The Balaban J connectivity index is 1.16. The molecule has 1 aromatic heterocycles. The topological polar surface area (TPSA) is 69.0 Å². The average molecular weight is 448 g/mol. The fourth-order valence-electron chi connectivity index (χ4n) is 4.38. The van der Waals surface area contributed by atoms with Crippen molar-refractivity contribution in [1.82, 2.24) is 15.1 Å². The highest BCUT2D eigenvalue weighted by molar-refractivity contribution is 5.77. The zero-order valence-corrected chi connectivity index (χ0v) is 19.5. The van der Waals surface area contributed by atoms with Gasteiger partial charge in [0.05, 0.1) is 5.69 Å². The maximum absolute atomic E-state index is 5.96. The number of aromatic amines is 1. The lowest BCUT2D eigenvalue weighted by molar-refractivity contribution is 0.183. The summed E-state index contributed by atoms with van der Waals surface area (Å²) in [4.78, 5) is 4.48. The van der Waals surface area contributed by atoms with E-state index in [1.165, 1.54) is 32.4 Å². The molecule has 3 heterocycles. The van der Waals surface area contributed by atoms with Gasteiger partial charge in [-0.25, -0.2) is 0 Å². The molecule has 2 aromatic carbocycles. The van der Waals surface area contributed by atoms with Crippen LogP contribution < -0.4 is 15.0 Å². The van der Waals surface area contributed by atoms with E-state index in [0.717, 1.165) is 47.2 Å². The molecule has 2 fully saturated rings. The standard InChI is InChI=1S/C26H33N5O2/c1-30(2)24-18-23(28-29-24)21-8-4-5-9-22(21)27-26-25(33-26)19-10-12-20(13-11-19)32-17-16-31-14-6-3-7-15-31/h4-5,8-13,18,25-27H,3,6-7,14-17H2,1-2H3,(H,28,29). The number of anilines is 2. The molecule has 7 heteroatoms. The predicted octanol–water partition coefficient (Wildman–Crippen LogP) is 4.52. The van der Waals surface area contributed by atoms with Gasteiger partial charge < -0.3 is 19.7 Å². The van der Waals surface area contributed by atoms with Gasteiger partial charge in [0, 0.05) is 38.0 Å². The van der Waals surface area contributed by atoms with Crippen LogP contribution in [0, 0.1) is 0 Å². The number of epoxide rings is 1. The van der Waals surface area contributed by atoms with Gasteiger partial charge in [-0.05, 0) is 49.7 Å². The lowest BCUT2D eigenvalue weighted by Crippen LogP contribution is -2.33. The summed E-state index contributed by atoms with van der Waals surface area (Å²) in [6, 6.07) is 18.6. The number of likely N-dealkylation sites (tertiary alicyclic amines) is 1. The molecule has 7 nitrogen and oxygen atoms in total. The van der Waals surface area contributed by atoms with Gasteiger partial charge in [0.2, 0.25) is 0 Å². The molecule has 5 rings (SSSR count). The Labute approximate surface area is 195 Å². The van der Waals surface area contributed by atoms with Crippen molar-refractivity contribution in [2.45, 2.75) is 31.6 Å². The molecule has 0 spiro atoms. The van der Waals surface area contributed by atoms with Crippen LogP contribution in [0.15, 0.2) is 54.6 Å². The summed E-state index contributed by atoms with van der Waals surface area (Å²) in [7, 11) is 3.97. The monoisotopic (exact) mass is 447 g/mol. The number of aromatic nitrogens is 2. The van der Waals surface area contributed by atoms with Crippen LogP contribution in [0.3, 0.4) is 0 Å². The molecule has 0 aliphatic carbocycles. The molecule has 33 heavy (non-hydrogen) atoms. The van der Waals surface area contributed by atoms with E-state index in [2.05, 4.69) is 50.7 Å². The van der Waals surface area contributed by atoms with Crippen LogP contribution in [0.4, 0.5) is 11.5 Å². The van der Waals surface area contributed by atoms with Gasteiger partial charge in [0.1, 0.15) is 24.3 Å². The first-order valence-electron chi connectivity index (χ1n) is 11.9. The minimum Gasteiger partial charge on any atom is -0.492 e. The number of nitrogens with zero attached hydrogens (tertiary/aromatic N) is 3. The van der Waals surface area contributed by atoms with Crippen molar-refractivity contribution >= 4 is 11.5 Å². The third-order valence-corrected chi connectivity index (χ3v) is 6.36. The second-order valence-electron chi connectivity index (χ2n) is 9.02. The molecule has 2 N–H and O–H groups in total. The number of hydrogen-bond donors (Lipinski definition) is 2. The second kappa shape index (κ2) is 9.85. The number of para-hydroxylation sites is 1. The minimum absolute atomic E-state index is 0.0413. The summed E-state index contributed by atoms with van der Waals surface area (Å²) < 4.78 is 11.9. The number of nitrogens with one attached hydrogen (secondary N) is 2. The van der Waals surface area contributed by atoms with E-state index >= 15 is 0 Å². The predicted molar refractivity (Wildman–Crippen MR) is 132 cm³/mol. The van der Waals surface area contributed by atoms with Gasteiger partial charge in [0.15, 0.2) is 6.23 Å². The third-order valence-electron chi connectivity index (χ3n) is 6.36. The number of rotatable bonds is 9. The fraction of sp³-hybridized carbons (Fsp3) is 0.423. The van der Waals surface area contributed by atoms with E-state index in [1.54, 1.807) is 0 Å². The molecule has 0 amide bonds. The first-order chi connectivity index (χ1) is 16.2. The largest absolute Gasteiger partial charge is 0.492 e. The van der Waals surface area contributed by atoms with Crippen LogP contribution >= 0.6 is 0 Å². The van der Waals surface area contributed by atoms with Crippen LogP contribution in [0.25, 0.3) is 11.3 Å². The highest BCUT2D eigenvalue weighted by Crippen LogP contribution is 2.41. The van der Waals surface area contributed by atoms with E-state index in [-0.39, 0.29) is 12.3 Å². The number of ether oxygens (including phenoxy) is 2. The third kappa shape index (κ3) is 5.31. The van der Waals surface area contributed by atoms with Crippen molar-refractivity contribution in [2.75, 3.05) is 50.6 Å². The van der Waals surface area contributed by atoms with E-state index in [4.69, 9.17) is 9.47 Å². The smallest absolute Gasteiger partial charge is 0.159 e. The summed E-state index contributed by atoms with van der Waals surface area (Å²) in [5.41, 5.74) is 4.23. The molecule has 2 saturated heterocycles. The van der Waals surface area contributed by atoms with Crippen LogP contribution in [0.2, 0.25) is 0 Å². The lowest BCUT2D eigenvalue weighted by Gasteiger charge is -2.26. The molecule has 0 bridgehead atoms. The number of hydrogen-bond acceptors (Lipinski definition) is 6. The minimum atomic E-state index is -0.0479. The molecular weight excluding hydrogens is 414 g/mol. The zero-order chi connectivity index (χ0) is 22.6. The second-order valence-corrected chi connectivity index (χ2v) is 9.02. The van der Waals surface area contributed by atoms with E-state index < -0.39 is 0 Å². The normalized spacial score (nSPS) is 20.4. The van der Waals surface area contributed by atoms with E-state index in [0.29, 0.717) is 0 Å². The summed E-state index contributed by atoms with van der Waals surface area (Å²) in [6.45, 7) is 4.15. The van der Waals surface area contributed by atoms with Gasteiger partial charge in [-0.3, -0.25) is 10.00 Å². The summed E-state index contributed by atoms with van der Waals surface area (Å²) in [5.74, 6) is 1.82. The Bertz CT molecular complexity index is 1040. The van der Waals surface area contributed by atoms with Crippen molar-refractivity contribution in [3.05, 3.63) is 60.2 Å². The maximum atomic E-state index is 5.96. The molecule has 2 aliphatic rings. The first kappa shape index (κ1) is 21.8. The van der Waals surface area contributed by atoms with Crippen LogP contribution in [0.1, 0.15) is 30.9 Å². The molecule has 2 aliphatic heterocycles. The number of H-pyrrole nitrogens is 1. The van der Waals surface area contributed by atoms with Gasteiger partial charge in [-0.1, -0.05) is 36.8 Å².